The molecule has 0 bridgehead atoms. The zero-order valence-electron chi connectivity index (χ0n) is 13.9. The largest absolute Gasteiger partial charge is 0.482 e. The molecular formula is C17H17ClN4O4. The van der Waals surface area contributed by atoms with Crippen molar-refractivity contribution in [2.24, 2.45) is 0 Å². The molecule has 26 heavy (non-hydrogen) atoms. The lowest BCUT2D eigenvalue weighted by Gasteiger charge is -2.35. The molecule has 8 nitrogen and oxygen atoms in total. The average molecular weight is 377 g/mol. The number of nitro benzene ring substituents is 1. The van der Waals surface area contributed by atoms with Gasteiger partial charge in [0.05, 0.1) is 9.95 Å². The number of rotatable bonds is 5. The summed E-state index contributed by atoms with van der Waals surface area (Å²) in [5, 5.41) is 10.8. The number of halogens is 1. The van der Waals surface area contributed by atoms with Crippen LogP contribution in [0.5, 0.6) is 5.75 Å². The van der Waals surface area contributed by atoms with E-state index in [0.29, 0.717) is 26.2 Å². The summed E-state index contributed by atoms with van der Waals surface area (Å²) in [6.07, 6.45) is 1.74. The number of nitrogens with zero attached hydrogens (tertiary/aromatic N) is 4. The maximum Gasteiger partial charge on any atom is 0.271 e. The van der Waals surface area contributed by atoms with Crippen molar-refractivity contribution in [3.05, 3.63) is 57.7 Å². The van der Waals surface area contributed by atoms with Gasteiger partial charge in [-0.25, -0.2) is 4.98 Å². The number of carbonyl (C=O) groups is 1. The summed E-state index contributed by atoms with van der Waals surface area (Å²) in [5.74, 6) is 0.992. The zero-order chi connectivity index (χ0) is 18.5. The third-order valence-electron chi connectivity index (χ3n) is 4.08. The van der Waals surface area contributed by atoms with E-state index < -0.39 is 4.92 Å². The average Bonchev–Trinajstić information content (AvgIpc) is 2.67. The Morgan fingerprint density at radius 1 is 1.23 bits per heavy atom. The Hall–Kier alpha value is -2.87. The lowest BCUT2D eigenvalue weighted by Crippen LogP contribution is -2.50. The number of piperazine rings is 1. The lowest BCUT2D eigenvalue weighted by molar-refractivity contribution is -0.384. The monoisotopic (exact) mass is 376 g/mol. The number of benzene rings is 1. The molecule has 1 amide bonds. The second-order valence-corrected chi connectivity index (χ2v) is 6.12. The number of ether oxygens (including phenoxy) is 1. The van der Waals surface area contributed by atoms with Crippen molar-refractivity contribution >= 4 is 29.0 Å². The number of hydrogen-bond donors (Lipinski definition) is 0. The molecule has 0 saturated carbocycles. The molecule has 2 aromatic rings. The Kier molecular flexibility index (Phi) is 5.52. The van der Waals surface area contributed by atoms with Crippen LogP contribution in [0.3, 0.4) is 0 Å². The van der Waals surface area contributed by atoms with Gasteiger partial charge in [-0.3, -0.25) is 14.9 Å². The number of hydrogen-bond acceptors (Lipinski definition) is 6. The fourth-order valence-electron chi connectivity index (χ4n) is 2.68. The van der Waals surface area contributed by atoms with E-state index >= 15 is 0 Å². The first kappa shape index (κ1) is 17.9. The first-order valence-corrected chi connectivity index (χ1v) is 8.43. The Morgan fingerprint density at radius 3 is 2.62 bits per heavy atom. The van der Waals surface area contributed by atoms with E-state index in [2.05, 4.69) is 9.88 Å². The number of nitro groups is 1. The van der Waals surface area contributed by atoms with Crippen molar-refractivity contribution in [1.29, 1.82) is 0 Å². The molecule has 1 aromatic heterocycles. The van der Waals surface area contributed by atoms with Crippen LogP contribution in [0.2, 0.25) is 5.02 Å². The molecule has 2 heterocycles. The minimum Gasteiger partial charge on any atom is -0.482 e. The molecule has 0 unspecified atom stereocenters. The SMILES string of the molecule is O=C(COc1ccc([N+](=O)[O-])cc1Cl)N1CCN(c2ccccn2)CC1. The predicted octanol–water partition coefficient (Wildman–Crippen LogP) is 2.37. The summed E-state index contributed by atoms with van der Waals surface area (Å²) >= 11 is 5.96. The molecule has 1 saturated heterocycles. The highest BCUT2D eigenvalue weighted by atomic mass is 35.5. The first-order valence-electron chi connectivity index (χ1n) is 8.05. The molecule has 0 spiro atoms. The van der Waals surface area contributed by atoms with Crippen LogP contribution in [0.15, 0.2) is 42.6 Å². The second kappa shape index (κ2) is 8.01. The molecule has 0 atom stereocenters. The van der Waals surface area contributed by atoms with Crippen molar-refractivity contribution < 1.29 is 14.5 Å². The summed E-state index contributed by atoms with van der Waals surface area (Å²) in [5.41, 5.74) is -0.126. The summed E-state index contributed by atoms with van der Waals surface area (Å²) in [6, 6.07) is 9.62. The number of aromatic nitrogens is 1. The van der Waals surface area contributed by atoms with Gasteiger partial charge in [-0.2, -0.15) is 0 Å². The highest BCUT2D eigenvalue weighted by Gasteiger charge is 2.22. The lowest BCUT2D eigenvalue weighted by atomic mass is 10.3. The van der Waals surface area contributed by atoms with Gasteiger partial charge in [-0.05, 0) is 18.2 Å². The Balaban J connectivity index is 1.51. The van der Waals surface area contributed by atoms with Crippen molar-refractivity contribution in [3.63, 3.8) is 0 Å². The fraction of sp³-hybridized carbons (Fsp3) is 0.294. The summed E-state index contributed by atoms with van der Waals surface area (Å²) < 4.78 is 5.43. The van der Waals surface area contributed by atoms with Crippen molar-refractivity contribution in [1.82, 2.24) is 9.88 Å². The molecule has 1 fully saturated rings. The van der Waals surface area contributed by atoms with E-state index in [-0.39, 0.29) is 29.0 Å². The number of pyridine rings is 1. The van der Waals surface area contributed by atoms with Crippen LogP contribution in [0.1, 0.15) is 0 Å². The normalized spacial score (nSPS) is 14.2. The summed E-state index contributed by atoms with van der Waals surface area (Å²) in [7, 11) is 0. The number of amides is 1. The van der Waals surface area contributed by atoms with Gasteiger partial charge in [0.15, 0.2) is 6.61 Å². The molecule has 3 rings (SSSR count). The van der Waals surface area contributed by atoms with Gasteiger partial charge in [0.2, 0.25) is 0 Å². The van der Waals surface area contributed by atoms with Gasteiger partial charge >= 0.3 is 0 Å². The topological polar surface area (TPSA) is 88.8 Å². The Morgan fingerprint density at radius 2 is 2.00 bits per heavy atom. The highest BCUT2D eigenvalue weighted by Crippen LogP contribution is 2.28. The molecule has 0 N–H and O–H groups in total. The van der Waals surface area contributed by atoms with Crippen molar-refractivity contribution in [2.45, 2.75) is 0 Å². The van der Waals surface area contributed by atoms with Gasteiger partial charge < -0.3 is 14.5 Å². The molecule has 1 aromatic carbocycles. The van der Waals surface area contributed by atoms with E-state index in [9.17, 15) is 14.9 Å². The van der Waals surface area contributed by atoms with Gasteiger partial charge in [0, 0.05) is 44.5 Å². The minimum atomic E-state index is -0.540. The zero-order valence-corrected chi connectivity index (χ0v) is 14.6. The van der Waals surface area contributed by atoms with Crippen LogP contribution >= 0.6 is 11.6 Å². The summed E-state index contributed by atoms with van der Waals surface area (Å²) in [6.45, 7) is 2.38. The minimum absolute atomic E-state index is 0.104. The van der Waals surface area contributed by atoms with E-state index in [1.54, 1.807) is 11.1 Å². The number of carbonyl (C=O) groups excluding carboxylic acids is 1. The molecule has 136 valence electrons. The van der Waals surface area contributed by atoms with Gasteiger partial charge in [0.1, 0.15) is 11.6 Å². The smallest absolute Gasteiger partial charge is 0.271 e. The Labute approximate surface area is 155 Å². The van der Waals surface area contributed by atoms with Crippen molar-refractivity contribution in [2.75, 3.05) is 37.7 Å². The van der Waals surface area contributed by atoms with Gasteiger partial charge in [-0.1, -0.05) is 17.7 Å². The quantitative estimate of drug-likeness (QED) is 0.588. The van der Waals surface area contributed by atoms with Crippen LogP contribution in [0.25, 0.3) is 0 Å². The first-order chi connectivity index (χ1) is 12.5. The van der Waals surface area contributed by atoms with Gasteiger partial charge in [-0.15, -0.1) is 0 Å². The van der Waals surface area contributed by atoms with Crippen molar-refractivity contribution in [3.8, 4) is 5.75 Å². The predicted molar refractivity (Wildman–Crippen MR) is 96.6 cm³/mol. The maximum absolute atomic E-state index is 12.3. The van der Waals surface area contributed by atoms with E-state index in [1.807, 2.05) is 18.2 Å². The van der Waals surface area contributed by atoms with Crippen LogP contribution < -0.4 is 9.64 Å². The third-order valence-corrected chi connectivity index (χ3v) is 4.38. The van der Waals surface area contributed by atoms with Crippen LogP contribution in [0, 0.1) is 10.1 Å². The number of anilines is 1. The number of non-ortho nitro benzene ring substituents is 1. The van der Waals surface area contributed by atoms with E-state index in [4.69, 9.17) is 16.3 Å². The highest BCUT2D eigenvalue weighted by molar-refractivity contribution is 6.32. The molecule has 0 radical (unpaired) electrons. The third kappa shape index (κ3) is 4.20. The van der Waals surface area contributed by atoms with Crippen LogP contribution in [-0.2, 0) is 4.79 Å². The Bertz CT molecular complexity index is 795. The molecule has 1 aliphatic rings. The standard InChI is InChI=1S/C17H17ClN4O4/c18-14-11-13(22(24)25)4-5-15(14)26-12-17(23)21-9-7-20(8-10-21)16-3-1-2-6-19-16/h1-6,11H,7-10,12H2. The van der Waals surface area contributed by atoms with Crippen LogP contribution in [0.4, 0.5) is 11.5 Å². The summed E-state index contributed by atoms with van der Waals surface area (Å²) in [4.78, 5) is 30.6. The fourth-order valence-corrected chi connectivity index (χ4v) is 2.91. The van der Waals surface area contributed by atoms with Crippen LogP contribution in [-0.4, -0.2) is 53.5 Å². The molecule has 1 aliphatic heterocycles. The van der Waals surface area contributed by atoms with Gasteiger partial charge in [0.25, 0.3) is 11.6 Å². The molecular weight excluding hydrogens is 360 g/mol. The maximum atomic E-state index is 12.3. The van der Waals surface area contributed by atoms with E-state index in [1.165, 1.54) is 18.2 Å². The second-order valence-electron chi connectivity index (χ2n) is 5.72. The van der Waals surface area contributed by atoms with E-state index in [0.717, 1.165) is 5.82 Å². The molecule has 9 heteroatoms. The molecule has 0 aliphatic carbocycles.